The highest BCUT2D eigenvalue weighted by molar-refractivity contribution is 7.99. The molecule has 10 heteroatoms. The normalized spacial score (nSPS) is 11.0. The molecule has 0 bridgehead atoms. The highest BCUT2D eigenvalue weighted by Crippen LogP contribution is 2.26. The topological polar surface area (TPSA) is 94.8 Å². The van der Waals surface area contributed by atoms with Crippen LogP contribution in [0.2, 0.25) is 0 Å². The van der Waals surface area contributed by atoms with Crippen LogP contribution < -0.4 is 10.1 Å². The number of benzene rings is 2. The molecule has 8 nitrogen and oxygen atoms in total. The average molecular weight is 455 g/mol. The molecule has 4 aromatic rings. The highest BCUT2D eigenvalue weighted by Gasteiger charge is 2.15. The third-order valence-electron chi connectivity index (χ3n) is 4.56. The van der Waals surface area contributed by atoms with Crippen LogP contribution in [0.1, 0.15) is 24.7 Å². The first kappa shape index (κ1) is 21.3. The quantitative estimate of drug-likeness (QED) is 0.379. The zero-order valence-electron chi connectivity index (χ0n) is 17.2. The number of anilines is 1. The second kappa shape index (κ2) is 9.88. The fraction of sp³-hybridized carbons (Fsp3) is 0.286. The van der Waals surface area contributed by atoms with E-state index in [9.17, 15) is 4.79 Å². The number of rotatable bonds is 9. The molecule has 1 amide bonds. The number of nitrogens with one attached hydrogen (secondary N) is 1. The number of carbonyl (C=O) groups is 1. The smallest absolute Gasteiger partial charge is 0.236 e. The Hall–Kier alpha value is -2.98. The Morgan fingerprint density at radius 1 is 1.10 bits per heavy atom. The number of hydrogen-bond acceptors (Lipinski definition) is 8. The third kappa shape index (κ3) is 5.02. The molecule has 0 aliphatic carbocycles. The van der Waals surface area contributed by atoms with Crippen molar-refractivity contribution in [2.24, 2.45) is 0 Å². The van der Waals surface area contributed by atoms with Gasteiger partial charge in [-0.15, -0.1) is 20.4 Å². The molecule has 0 radical (unpaired) electrons. The maximum atomic E-state index is 12.2. The van der Waals surface area contributed by atoms with Crippen LogP contribution in [0.5, 0.6) is 5.75 Å². The van der Waals surface area contributed by atoms with E-state index in [1.54, 1.807) is 0 Å². The van der Waals surface area contributed by atoms with Crippen LogP contribution in [0, 0.1) is 0 Å². The molecular formula is C21H22N6O2S2. The van der Waals surface area contributed by atoms with Crippen LogP contribution in [-0.2, 0) is 24.4 Å². The predicted molar refractivity (Wildman–Crippen MR) is 123 cm³/mol. The summed E-state index contributed by atoms with van der Waals surface area (Å²) < 4.78 is 8.01. The minimum Gasteiger partial charge on any atom is -0.485 e. The van der Waals surface area contributed by atoms with E-state index in [1.165, 1.54) is 23.1 Å². The number of aryl methyl sites for hydroxylation is 1. The van der Waals surface area contributed by atoms with Crippen molar-refractivity contribution in [3.8, 4) is 5.75 Å². The Balaban J connectivity index is 1.38. The molecule has 2 aromatic heterocycles. The fourth-order valence-electron chi connectivity index (χ4n) is 3.05. The molecule has 2 aromatic carbocycles. The van der Waals surface area contributed by atoms with Crippen LogP contribution in [0.25, 0.3) is 10.8 Å². The van der Waals surface area contributed by atoms with Crippen molar-refractivity contribution >= 4 is 44.9 Å². The van der Waals surface area contributed by atoms with Crippen LogP contribution in [-0.4, -0.2) is 36.6 Å². The molecule has 0 unspecified atom stereocenters. The van der Waals surface area contributed by atoms with E-state index in [1.807, 2.05) is 48.7 Å². The van der Waals surface area contributed by atoms with Gasteiger partial charge in [-0.3, -0.25) is 10.1 Å². The van der Waals surface area contributed by atoms with Crippen molar-refractivity contribution in [2.75, 3.05) is 11.1 Å². The van der Waals surface area contributed by atoms with Gasteiger partial charge < -0.3 is 9.30 Å². The monoisotopic (exact) mass is 454 g/mol. The standard InChI is InChI=1S/C21H22N6O2S2/c1-3-19-24-25-20(31-19)22-18(28)13-30-21-26-23-17(27(21)4-2)12-29-16-11-7-9-14-8-5-6-10-15(14)16/h5-11H,3-4,12-13H2,1-2H3,(H,22,25,28). The van der Waals surface area contributed by atoms with E-state index in [4.69, 9.17) is 4.74 Å². The van der Waals surface area contributed by atoms with Gasteiger partial charge in [0.25, 0.3) is 0 Å². The van der Waals surface area contributed by atoms with E-state index in [2.05, 4.69) is 37.8 Å². The van der Waals surface area contributed by atoms with Gasteiger partial charge in [-0.25, -0.2) is 0 Å². The number of amides is 1. The maximum Gasteiger partial charge on any atom is 0.236 e. The molecule has 4 rings (SSSR count). The first-order valence-electron chi connectivity index (χ1n) is 9.95. The van der Waals surface area contributed by atoms with Crippen molar-refractivity contribution in [1.29, 1.82) is 0 Å². The second-order valence-corrected chi connectivity index (χ2v) is 8.60. The molecule has 0 spiro atoms. The molecule has 0 fully saturated rings. The van der Waals surface area contributed by atoms with Crippen molar-refractivity contribution in [2.45, 2.75) is 38.6 Å². The van der Waals surface area contributed by atoms with Crippen LogP contribution in [0.15, 0.2) is 47.6 Å². The van der Waals surface area contributed by atoms with Gasteiger partial charge in [-0.2, -0.15) is 0 Å². The van der Waals surface area contributed by atoms with Crippen molar-refractivity contribution in [3.05, 3.63) is 53.3 Å². The van der Waals surface area contributed by atoms with Gasteiger partial charge in [-0.05, 0) is 24.8 Å². The number of carbonyl (C=O) groups excluding carboxylic acids is 1. The lowest BCUT2D eigenvalue weighted by Crippen LogP contribution is -2.14. The van der Waals surface area contributed by atoms with Gasteiger partial charge in [0.1, 0.15) is 17.4 Å². The molecular weight excluding hydrogens is 432 g/mol. The van der Waals surface area contributed by atoms with Crippen molar-refractivity contribution in [1.82, 2.24) is 25.0 Å². The summed E-state index contributed by atoms with van der Waals surface area (Å²) in [6.07, 6.45) is 0.797. The summed E-state index contributed by atoms with van der Waals surface area (Å²) in [7, 11) is 0. The lowest BCUT2D eigenvalue weighted by atomic mass is 10.1. The summed E-state index contributed by atoms with van der Waals surface area (Å²) in [5.74, 6) is 1.59. The van der Waals surface area contributed by atoms with Gasteiger partial charge in [0.2, 0.25) is 11.0 Å². The molecule has 31 heavy (non-hydrogen) atoms. The lowest BCUT2D eigenvalue weighted by molar-refractivity contribution is -0.113. The number of ether oxygens (including phenoxy) is 1. The third-order valence-corrected chi connectivity index (χ3v) is 6.51. The first-order valence-corrected chi connectivity index (χ1v) is 11.8. The van der Waals surface area contributed by atoms with E-state index < -0.39 is 0 Å². The SMILES string of the molecule is CCc1nnc(NC(=O)CSc2nnc(COc3cccc4ccccc34)n2CC)s1. The van der Waals surface area contributed by atoms with Crippen LogP contribution in [0.4, 0.5) is 5.13 Å². The molecule has 0 aliphatic heterocycles. The van der Waals surface area contributed by atoms with Gasteiger partial charge in [0.15, 0.2) is 11.0 Å². The molecule has 0 saturated heterocycles. The Morgan fingerprint density at radius 2 is 1.94 bits per heavy atom. The summed E-state index contributed by atoms with van der Waals surface area (Å²) in [4.78, 5) is 12.2. The summed E-state index contributed by atoms with van der Waals surface area (Å²) in [5, 5.41) is 23.6. The average Bonchev–Trinajstić information content (AvgIpc) is 3.42. The minimum atomic E-state index is -0.150. The summed E-state index contributed by atoms with van der Waals surface area (Å²) >= 11 is 2.72. The highest BCUT2D eigenvalue weighted by atomic mass is 32.2. The lowest BCUT2D eigenvalue weighted by Gasteiger charge is -2.10. The maximum absolute atomic E-state index is 12.2. The number of hydrogen-bond donors (Lipinski definition) is 1. The van der Waals surface area contributed by atoms with E-state index in [0.717, 1.165) is 33.8 Å². The van der Waals surface area contributed by atoms with Gasteiger partial charge >= 0.3 is 0 Å². The molecule has 0 saturated carbocycles. The number of fused-ring (bicyclic) bond motifs is 1. The summed E-state index contributed by atoms with van der Waals surface area (Å²) in [6.45, 7) is 5.00. The molecule has 0 atom stereocenters. The van der Waals surface area contributed by atoms with E-state index in [0.29, 0.717) is 23.4 Å². The first-order chi connectivity index (χ1) is 15.2. The summed E-state index contributed by atoms with van der Waals surface area (Å²) in [6, 6.07) is 14.1. The van der Waals surface area contributed by atoms with Crippen molar-refractivity contribution in [3.63, 3.8) is 0 Å². The number of nitrogens with zero attached hydrogens (tertiary/aromatic N) is 5. The van der Waals surface area contributed by atoms with Crippen LogP contribution in [0.3, 0.4) is 0 Å². The molecule has 1 N–H and O–H groups in total. The Bertz CT molecular complexity index is 1180. The number of thioether (sulfide) groups is 1. The fourth-order valence-corrected chi connectivity index (χ4v) is 4.56. The zero-order valence-corrected chi connectivity index (χ0v) is 18.9. The summed E-state index contributed by atoms with van der Waals surface area (Å²) in [5.41, 5.74) is 0. The van der Waals surface area contributed by atoms with Gasteiger partial charge in [0, 0.05) is 11.9 Å². The molecule has 160 valence electrons. The largest absolute Gasteiger partial charge is 0.485 e. The second-order valence-electron chi connectivity index (χ2n) is 6.60. The minimum absolute atomic E-state index is 0.150. The Morgan fingerprint density at radius 3 is 2.74 bits per heavy atom. The van der Waals surface area contributed by atoms with Gasteiger partial charge in [-0.1, -0.05) is 66.4 Å². The van der Waals surface area contributed by atoms with E-state index in [-0.39, 0.29) is 11.7 Å². The zero-order chi connectivity index (χ0) is 21.6. The Kier molecular flexibility index (Phi) is 6.78. The Labute approximate surface area is 188 Å². The molecule has 2 heterocycles. The van der Waals surface area contributed by atoms with Crippen molar-refractivity contribution < 1.29 is 9.53 Å². The predicted octanol–water partition coefficient (Wildman–Crippen LogP) is 4.17. The van der Waals surface area contributed by atoms with E-state index >= 15 is 0 Å². The van der Waals surface area contributed by atoms with Gasteiger partial charge in [0.05, 0.1) is 5.75 Å². The van der Waals surface area contributed by atoms with Crippen LogP contribution >= 0.6 is 23.1 Å². The molecule has 0 aliphatic rings. The number of aromatic nitrogens is 5.